The number of hydrogen-bond acceptors (Lipinski definition) is 5. The number of aromatic nitrogens is 2. The van der Waals surface area contributed by atoms with Crippen molar-refractivity contribution in [3.05, 3.63) is 127 Å². The van der Waals surface area contributed by atoms with Crippen molar-refractivity contribution in [3.8, 4) is 50.6 Å². The van der Waals surface area contributed by atoms with E-state index in [-0.39, 0.29) is 0 Å². The lowest BCUT2D eigenvalue weighted by Gasteiger charge is -2.14. The molecule has 8 aromatic rings. The Labute approximate surface area is 266 Å². The maximum atomic E-state index is 5.40. The molecule has 0 saturated heterocycles. The van der Waals surface area contributed by atoms with Gasteiger partial charge in [0, 0.05) is 10.8 Å². The molecule has 5 nitrogen and oxygen atoms in total. The number of rotatable bonds is 6. The number of fused-ring (bicyclic) bond motifs is 7. The number of methoxy groups -OCH3 is 3. The Kier molecular flexibility index (Phi) is 6.72. The van der Waals surface area contributed by atoms with E-state index in [0.29, 0.717) is 0 Å². The summed E-state index contributed by atoms with van der Waals surface area (Å²) in [5, 5.41) is 4.40. The summed E-state index contributed by atoms with van der Waals surface area (Å²) in [5.74, 6) is 2.50. The highest BCUT2D eigenvalue weighted by Crippen LogP contribution is 2.39. The molecule has 0 amide bonds. The van der Waals surface area contributed by atoms with Crippen LogP contribution >= 0.6 is 0 Å². The molecule has 0 unspecified atom stereocenters. The molecule has 0 fully saturated rings. The van der Waals surface area contributed by atoms with Crippen molar-refractivity contribution in [3.63, 3.8) is 0 Å². The van der Waals surface area contributed by atoms with Crippen LogP contribution < -0.4 is 14.2 Å². The first-order valence-corrected chi connectivity index (χ1v) is 15.2. The maximum Gasteiger partial charge on any atom is 0.118 e. The Morgan fingerprint density at radius 2 is 0.674 bits per heavy atom. The molecule has 0 aliphatic rings. The molecule has 1 heterocycles. The number of nitrogens with zero attached hydrogens (tertiary/aromatic N) is 2. The molecule has 46 heavy (non-hydrogen) atoms. The molecule has 0 aliphatic carbocycles. The molecule has 0 saturated carbocycles. The van der Waals surface area contributed by atoms with Crippen molar-refractivity contribution < 1.29 is 14.2 Å². The third-order valence-corrected chi connectivity index (χ3v) is 8.77. The van der Waals surface area contributed by atoms with Crippen LogP contribution in [0.5, 0.6) is 17.2 Å². The molecule has 0 bridgehead atoms. The fourth-order valence-electron chi connectivity index (χ4n) is 6.27. The Balaban J connectivity index is 1.37. The molecule has 7 aromatic carbocycles. The van der Waals surface area contributed by atoms with Gasteiger partial charge in [0.25, 0.3) is 0 Å². The second kappa shape index (κ2) is 11.2. The predicted octanol–water partition coefficient (Wildman–Crippen LogP) is 10.1. The highest BCUT2D eigenvalue weighted by atomic mass is 16.5. The molecule has 8 rings (SSSR count). The first-order chi connectivity index (χ1) is 22.6. The minimum atomic E-state index is 0.831. The lowest BCUT2D eigenvalue weighted by atomic mass is 9.93. The van der Waals surface area contributed by atoms with Gasteiger partial charge in [0.15, 0.2) is 0 Å². The quantitative estimate of drug-likeness (QED) is 0.141. The third kappa shape index (κ3) is 4.74. The topological polar surface area (TPSA) is 53.5 Å². The van der Waals surface area contributed by atoms with Gasteiger partial charge in [0.1, 0.15) is 17.2 Å². The van der Waals surface area contributed by atoms with Crippen LogP contribution in [0.2, 0.25) is 0 Å². The lowest BCUT2D eigenvalue weighted by molar-refractivity contribution is 0.415. The van der Waals surface area contributed by atoms with E-state index >= 15 is 0 Å². The maximum absolute atomic E-state index is 5.40. The van der Waals surface area contributed by atoms with Crippen molar-refractivity contribution in [2.45, 2.75) is 0 Å². The van der Waals surface area contributed by atoms with E-state index < -0.39 is 0 Å². The predicted molar refractivity (Wildman–Crippen MR) is 188 cm³/mol. The largest absolute Gasteiger partial charge is 0.497 e. The number of ether oxygens (including phenoxy) is 3. The summed E-state index contributed by atoms with van der Waals surface area (Å²) in [6, 6.07) is 44.0. The normalized spacial score (nSPS) is 11.4. The van der Waals surface area contributed by atoms with Gasteiger partial charge < -0.3 is 14.2 Å². The summed E-state index contributed by atoms with van der Waals surface area (Å²) in [4.78, 5) is 10.5. The van der Waals surface area contributed by atoms with Crippen LogP contribution in [0.4, 0.5) is 0 Å². The summed E-state index contributed by atoms with van der Waals surface area (Å²) in [7, 11) is 5.06. The smallest absolute Gasteiger partial charge is 0.118 e. The monoisotopic (exact) mass is 598 g/mol. The molecule has 0 spiro atoms. The van der Waals surface area contributed by atoms with Crippen molar-refractivity contribution in [1.29, 1.82) is 0 Å². The zero-order valence-corrected chi connectivity index (χ0v) is 25.7. The summed E-state index contributed by atoms with van der Waals surface area (Å²) >= 11 is 0. The molecule has 222 valence electrons. The standard InChI is InChI=1S/C41H30N2O3/c1-44-31-13-4-25(5-14-31)28-10-19-34-36(22-28)37-23-29(26-6-15-32(45-2)16-7-26)11-20-35(37)41-40(34)42-38-21-12-30(24-39(38)43-41)27-8-17-33(46-3)18-9-27/h4-24H,1-3H3. The van der Waals surface area contributed by atoms with E-state index in [0.717, 1.165) is 94.2 Å². The molecule has 5 heteroatoms. The second-order valence-electron chi connectivity index (χ2n) is 11.3. The van der Waals surface area contributed by atoms with Crippen molar-refractivity contribution in [2.24, 2.45) is 0 Å². The summed E-state index contributed by atoms with van der Waals surface area (Å²) in [5.41, 5.74) is 10.2. The Morgan fingerprint density at radius 1 is 0.326 bits per heavy atom. The minimum Gasteiger partial charge on any atom is -0.497 e. The first-order valence-electron chi connectivity index (χ1n) is 15.2. The van der Waals surface area contributed by atoms with Crippen molar-refractivity contribution >= 4 is 43.6 Å². The van der Waals surface area contributed by atoms with Gasteiger partial charge >= 0.3 is 0 Å². The van der Waals surface area contributed by atoms with Gasteiger partial charge in [-0.1, -0.05) is 66.7 Å². The van der Waals surface area contributed by atoms with E-state index in [2.05, 4.69) is 91.0 Å². The minimum absolute atomic E-state index is 0.831. The van der Waals surface area contributed by atoms with Gasteiger partial charge in [0.2, 0.25) is 0 Å². The average molecular weight is 599 g/mol. The Hall–Kier alpha value is -5.94. The Morgan fingerprint density at radius 3 is 1.09 bits per heavy atom. The van der Waals surface area contributed by atoms with Crippen LogP contribution in [-0.2, 0) is 0 Å². The highest BCUT2D eigenvalue weighted by molar-refractivity contribution is 6.25. The lowest BCUT2D eigenvalue weighted by Crippen LogP contribution is -1.93. The molecule has 0 N–H and O–H groups in total. The summed E-state index contributed by atoms with van der Waals surface area (Å²) in [6.45, 7) is 0. The number of hydrogen-bond donors (Lipinski definition) is 0. The van der Waals surface area contributed by atoms with E-state index in [4.69, 9.17) is 24.2 Å². The Bertz CT molecular complexity index is 2400. The van der Waals surface area contributed by atoms with Crippen LogP contribution in [0.1, 0.15) is 0 Å². The molecular formula is C41H30N2O3. The fraction of sp³-hybridized carbons (Fsp3) is 0.0732. The molecule has 0 aliphatic heterocycles. The van der Waals surface area contributed by atoms with Gasteiger partial charge in [-0.15, -0.1) is 0 Å². The highest BCUT2D eigenvalue weighted by Gasteiger charge is 2.15. The van der Waals surface area contributed by atoms with Crippen molar-refractivity contribution in [1.82, 2.24) is 9.97 Å². The average Bonchev–Trinajstić information content (AvgIpc) is 3.13. The van der Waals surface area contributed by atoms with Crippen LogP contribution in [0.3, 0.4) is 0 Å². The molecule has 0 atom stereocenters. The van der Waals surface area contributed by atoms with Crippen LogP contribution in [0, 0.1) is 0 Å². The zero-order valence-electron chi connectivity index (χ0n) is 25.7. The van der Waals surface area contributed by atoms with E-state index in [9.17, 15) is 0 Å². The van der Waals surface area contributed by atoms with Crippen LogP contribution in [0.25, 0.3) is 77.0 Å². The van der Waals surface area contributed by atoms with Gasteiger partial charge in [0.05, 0.1) is 43.4 Å². The third-order valence-electron chi connectivity index (χ3n) is 8.77. The van der Waals surface area contributed by atoms with Crippen molar-refractivity contribution in [2.75, 3.05) is 21.3 Å². The van der Waals surface area contributed by atoms with E-state index in [1.165, 1.54) is 0 Å². The molecule has 1 aromatic heterocycles. The van der Waals surface area contributed by atoms with Crippen LogP contribution in [-0.4, -0.2) is 31.3 Å². The summed E-state index contributed by atoms with van der Waals surface area (Å²) in [6.07, 6.45) is 0. The summed E-state index contributed by atoms with van der Waals surface area (Å²) < 4.78 is 16.2. The zero-order chi connectivity index (χ0) is 31.2. The van der Waals surface area contributed by atoms with E-state index in [1.807, 2.05) is 36.4 Å². The second-order valence-corrected chi connectivity index (χ2v) is 11.3. The van der Waals surface area contributed by atoms with Crippen LogP contribution in [0.15, 0.2) is 127 Å². The van der Waals surface area contributed by atoms with E-state index in [1.54, 1.807) is 21.3 Å². The molecular weight excluding hydrogens is 568 g/mol. The van der Waals surface area contributed by atoms with Gasteiger partial charge in [-0.2, -0.15) is 0 Å². The van der Waals surface area contributed by atoms with Gasteiger partial charge in [-0.25, -0.2) is 9.97 Å². The molecule has 0 radical (unpaired) electrons. The first kappa shape index (κ1) is 27.6. The SMILES string of the molecule is COc1ccc(-c2ccc3nc4c5ccc(-c6ccc(OC)cc6)cc5c5cc(-c6ccc(OC)cc6)ccc5c4nc3c2)cc1. The fourth-order valence-corrected chi connectivity index (χ4v) is 6.27. The van der Waals surface area contributed by atoms with Gasteiger partial charge in [-0.3, -0.25) is 0 Å². The number of benzene rings is 7. The van der Waals surface area contributed by atoms with Gasteiger partial charge in [-0.05, 0) is 105 Å².